The van der Waals surface area contributed by atoms with Gasteiger partial charge in [0, 0.05) is 22.8 Å². The molecule has 13 heteroatoms. The number of aliphatic hydroxyl groups excluding tert-OH is 3. The van der Waals surface area contributed by atoms with Crippen LogP contribution < -0.4 is 9.47 Å². The Labute approximate surface area is 256 Å². The van der Waals surface area contributed by atoms with Gasteiger partial charge in [-0.25, -0.2) is 4.79 Å². The Morgan fingerprint density at radius 2 is 1.62 bits per heavy atom. The van der Waals surface area contributed by atoms with Gasteiger partial charge in [0.25, 0.3) is 0 Å². The third kappa shape index (κ3) is 6.37. The maximum Gasteiger partial charge on any atom is 0.330 e. The van der Waals surface area contributed by atoms with Gasteiger partial charge in [-0.15, -0.1) is 0 Å². The summed E-state index contributed by atoms with van der Waals surface area (Å²) < 4.78 is 22.8. The molecule has 2 heterocycles. The Balaban J connectivity index is 1.35. The predicted octanol–water partition coefficient (Wildman–Crippen LogP) is 2.28. The number of hydrogen-bond donors (Lipinski definition) is 7. The van der Waals surface area contributed by atoms with E-state index < -0.39 is 60.9 Å². The minimum atomic E-state index is -1.78. The van der Waals surface area contributed by atoms with E-state index in [1.165, 1.54) is 50.3 Å². The molecule has 238 valence electrons. The van der Waals surface area contributed by atoms with Crippen LogP contribution in [0.2, 0.25) is 0 Å². The van der Waals surface area contributed by atoms with E-state index in [2.05, 4.69) is 0 Å². The first-order valence-corrected chi connectivity index (χ1v) is 13.9. The van der Waals surface area contributed by atoms with E-state index in [9.17, 15) is 45.3 Å². The van der Waals surface area contributed by atoms with E-state index in [1.54, 1.807) is 12.1 Å². The normalized spacial score (nSPS) is 24.6. The monoisotopic (exact) mass is 624 g/mol. The van der Waals surface area contributed by atoms with E-state index in [0.29, 0.717) is 5.56 Å². The zero-order valence-electron chi connectivity index (χ0n) is 24.2. The fourth-order valence-corrected chi connectivity index (χ4v) is 5.21. The summed E-state index contributed by atoms with van der Waals surface area (Å²) in [5.41, 5.74) is 0.964. The number of benzene rings is 3. The summed E-state index contributed by atoms with van der Waals surface area (Å²) >= 11 is 0. The van der Waals surface area contributed by atoms with Crippen molar-refractivity contribution in [1.82, 2.24) is 0 Å². The second-order valence-electron chi connectivity index (χ2n) is 10.8. The van der Waals surface area contributed by atoms with Crippen molar-refractivity contribution >= 4 is 17.8 Å². The minimum absolute atomic E-state index is 0.0555. The third-order valence-electron chi connectivity index (χ3n) is 7.71. The Hall–Kier alpha value is -4.82. The average molecular weight is 625 g/mol. The number of esters is 1. The Morgan fingerprint density at radius 3 is 2.33 bits per heavy atom. The fourth-order valence-electron chi connectivity index (χ4n) is 5.21. The van der Waals surface area contributed by atoms with Crippen molar-refractivity contribution in [2.24, 2.45) is 0 Å². The van der Waals surface area contributed by atoms with Gasteiger partial charge in [-0.05, 0) is 55.8 Å². The van der Waals surface area contributed by atoms with Crippen LogP contribution in [-0.4, -0.2) is 84.8 Å². The van der Waals surface area contributed by atoms with Gasteiger partial charge in [-0.2, -0.15) is 0 Å². The van der Waals surface area contributed by atoms with Crippen molar-refractivity contribution in [3.05, 3.63) is 76.4 Å². The molecule has 2 aliphatic heterocycles. The number of rotatable bonds is 7. The van der Waals surface area contributed by atoms with Gasteiger partial charge >= 0.3 is 5.97 Å². The van der Waals surface area contributed by atoms with Crippen LogP contribution in [0.5, 0.6) is 34.5 Å². The maximum atomic E-state index is 13.1. The molecule has 45 heavy (non-hydrogen) atoms. The van der Waals surface area contributed by atoms with Crippen LogP contribution in [0.15, 0.2) is 48.5 Å². The molecule has 3 aromatic rings. The Kier molecular flexibility index (Phi) is 8.89. The van der Waals surface area contributed by atoms with Crippen LogP contribution in [0.3, 0.4) is 0 Å². The Bertz CT molecular complexity index is 1630. The summed E-state index contributed by atoms with van der Waals surface area (Å²) in [6, 6.07) is 9.82. The molecule has 5 rings (SSSR count). The average Bonchev–Trinajstić information content (AvgIpc) is 3.01. The topological polar surface area (TPSA) is 213 Å². The van der Waals surface area contributed by atoms with E-state index in [-0.39, 0.29) is 57.4 Å². The third-order valence-corrected chi connectivity index (χ3v) is 7.71. The molecule has 0 bridgehead atoms. The van der Waals surface area contributed by atoms with Crippen LogP contribution in [0.1, 0.15) is 45.1 Å². The smallest absolute Gasteiger partial charge is 0.330 e. The molecule has 13 nitrogen and oxygen atoms in total. The molecular weight excluding hydrogens is 592 g/mol. The van der Waals surface area contributed by atoms with Crippen molar-refractivity contribution < 1.29 is 64.3 Å². The molecule has 0 amide bonds. The predicted molar refractivity (Wildman–Crippen MR) is 155 cm³/mol. The SMILES string of the molecule is Cc1c(O)c2c(c(C)c1OC1OC(COC(=O)C=Cc3ccc(O)cc3)C(O)C(O)C1O)OC(c1cc(O)ccc1O)CC2=O. The van der Waals surface area contributed by atoms with Crippen LogP contribution >= 0.6 is 0 Å². The number of carbonyl (C=O) groups is 2. The number of fused-ring (bicyclic) bond motifs is 1. The van der Waals surface area contributed by atoms with Crippen LogP contribution in [-0.2, 0) is 14.3 Å². The van der Waals surface area contributed by atoms with Crippen molar-refractivity contribution in [3.63, 3.8) is 0 Å². The molecule has 1 fully saturated rings. The molecule has 0 saturated carbocycles. The summed E-state index contributed by atoms with van der Waals surface area (Å²) in [4.78, 5) is 25.4. The maximum absolute atomic E-state index is 13.1. The highest BCUT2D eigenvalue weighted by molar-refractivity contribution is 6.04. The first kappa shape index (κ1) is 31.6. The molecule has 0 spiro atoms. The van der Waals surface area contributed by atoms with Crippen LogP contribution in [0, 0.1) is 13.8 Å². The molecule has 2 aliphatic rings. The van der Waals surface area contributed by atoms with Crippen LogP contribution in [0.25, 0.3) is 6.08 Å². The van der Waals surface area contributed by atoms with Gasteiger partial charge in [0.2, 0.25) is 6.29 Å². The molecular formula is C32H32O13. The summed E-state index contributed by atoms with van der Waals surface area (Å²) in [6.07, 6.45) is -6.87. The lowest BCUT2D eigenvalue weighted by Crippen LogP contribution is -2.60. The molecule has 1 saturated heterocycles. The standard InChI is InChI=1S/C32H32O13/c1-14-26(38)25-21(36)12-22(19-11-18(34)8-9-20(19)35)43-31(25)15(2)30(14)45-32-29(41)28(40)27(39)23(44-32)13-42-24(37)10-5-16-3-6-17(33)7-4-16/h3-11,22-23,27-29,32-35,38-41H,12-13H2,1-2H3. The van der Waals surface area contributed by atoms with E-state index in [1.807, 2.05) is 0 Å². The fraction of sp³-hybridized carbons (Fsp3) is 0.312. The Morgan fingerprint density at radius 1 is 0.933 bits per heavy atom. The highest BCUT2D eigenvalue weighted by Gasteiger charge is 2.46. The second-order valence-corrected chi connectivity index (χ2v) is 10.8. The molecule has 0 aliphatic carbocycles. The zero-order valence-corrected chi connectivity index (χ0v) is 24.2. The number of ether oxygens (including phenoxy) is 4. The first-order chi connectivity index (χ1) is 21.3. The number of Topliss-reactive ketones (excluding diaryl/α,β-unsaturated/α-hetero) is 1. The zero-order chi connectivity index (χ0) is 32.6. The summed E-state index contributed by atoms with van der Waals surface area (Å²) in [5.74, 6) is -2.17. The van der Waals surface area contributed by atoms with Gasteiger partial charge in [0.15, 0.2) is 5.78 Å². The highest BCUT2D eigenvalue weighted by Crippen LogP contribution is 2.49. The number of phenolic OH excluding ortho intramolecular Hbond substituents is 4. The number of hydrogen-bond acceptors (Lipinski definition) is 13. The largest absolute Gasteiger partial charge is 0.508 e. The van der Waals surface area contributed by atoms with Gasteiger partial charge in [0.1, 0.15) is 77.2 Å². The number of aliphatic hydroxyl groups is 3. The van der Waals surface area contributed by atoms with Crippen molar-refractivity contribution in [3.8, 4) is 34.5 Å². The van der Waals surface area contributed by atoms with Crippen molar-refractivity contribution in [2.45, 2.75) is 57.1 Å². The van der Waals surface area contributed by atoms with Gasteiger partial charge in [-0.1, -0.05) is 12.1 Å². The van der Waals surface area contributed by atoms with Crippen molar-refractivity contribution in [1.29, 1.82) is 0 Å². The van der Waals surface area contributed by atoms with E-state index in [4.69, 9.17) is 18.9 Å². The van der Waals surface area contributed by atoms with Crippen LogP contribution in [0.4, 0.5) is 0 Å². The number of phenols is 4. The first-order valence-electron chi connectivity index (χ1n) is 13.9. The lowest BCUT2D eigenvalue weighted by atomic mass is 9.91. The highest BCUT2D eigenvalue weighted by atomic mass is 16.7. The van der Waals surface area contributed by atoms with Gasteiger partial charge in [-0.3, -0.25) is 4.79 Å². The summed E-state index contributed by atoms with van der Waals surface area (Å²) in [6.45, 7) is 2.46. The van der Waals surface area contributed by atoms with E-state index in [0.717, 1.165) is 6.08 Å². The van der Waals surface area contributed by atoms with Gasteiger partial charge < -0.3 is 54.7 Å². The molecule has 0 radical (unpaired) electrons. The summed E-state index contributed by atoms with van der Waals surface area (Å²) in [5, 5.41) is 72.3. The molecule has 0 aromatic heterocycles. The van der Waals surface area contributed by atoms with E-state index >= 15 is 0 Å². The molecule has 6 atom stereocenters. The summed E-state index contributed by atoms with van der Waals surface area (Å²) in [7, 11) is 0. The van der Waals surface area contributed by atoms with Gasteiger partial charge in [0.05, 0.1) is 6.42 Å². The number of ketones is 1. The second kappa shape index (κ2) is 12.7. The molecule has 6 unspecified atom stereocenters. The lowest BCUT2D eigenvalue weighted by Gasteiger charge is -2.40. The molecule has 7 N–H and O–H groups in total. The van der Waals surface area contributed by atoms with Crippen molar-refractivity contribution in [2.75, 3.05) is 6.61 Å². The number of carbonyl (C=O) groups excluding carboxylic acids is 2. The number of aromatic hydroxyl groups is 4. The lowest BCUT2D eigenvalue weighted by molar-refractivity contribution is -0.278. The molecule has 3 aromatic carbocycles. The minimum Gasteiger partial charge on any atom is -0.508 e. The quantitative estimate of drug-likeness (QED) is 0.114.